The lowest BCUT2D eigenvalue weighted by Gasteiger charge is -2.06. The molecule has 0 spiro atoms. The number of furan rings is 1. The first-order valence-corrected chi connectivity index (χ1v) is 4.41. The van der Waals surface area contributed by atoms with Gasteiger partial charge in [-0.05, 0) is 12.1 Å². The van der Waals surface area contributed by atoms with Crippen molar-refractivity contribution in [3.8, 4) is 0 Å². The highest BCUT2D eigenvalue weighted by Gasteiger charge is 2.28. The lowest BCUT2D eigenvalue weighted by atomic mass is 10.4. The van der Waals surface area contributed by atoms with Gasteiger partial charge in [0.25, 0.3) is 0 Å². The van der Waals surface area contributed by atoms with Crippen molar-refractivity contribution in [1.29, 1.82) is 0 Å². The lowest BCUT2D eigenvalue weighted by Crippen LogP contribution is -2.14. The first-order valence-electron chi connectivity index (χ1n) is 4.41. The molecule has 2 atom stereocenters. The van der Waals surface area contributed by atoms with Gasteiger partial charge >= 0.3 is 0 Å². The summed E-state index contributed by atoms with van der Waals surface area (Å²) in [4.78, 5) is 0. The standard InChI is InChI=1S/C9H12O5/c10-3-6-1-2-8(13-6)9-12-5-7(4-11)14-9/h1-2,7,9-11H,3-5H2. The Hall–Kier alpha value is -0.880. The van der Waals surface area contributed by atoms with Crippen molar-refractivity contribution in [2.24, 2.45) is 0 Å². The fourth-order valence-corrected chi connectivity index (χ4v) is 1.30. The van der Waals surface area contributed by atoms with E-state index >= 15 is 0 Å². The van der Waals surface area contributed by atoms with Crippen molar-refractivity contribution in [1.82, 2.24) is 0 Å². The minimum atomic E-state index is -0.563. The molecule has 1 aliphatic heterocycles. The van der Waals surface area contributed by atoms with E-state index in [-0.39, 0.29) is 19.3 Å². The molecular formula is C9H12O5. The van der Waals surface area contributed by atoms with Crippen LogP contribution < -0.4 is 0 Å². The summed E-state index contributed by atoms with van der Waals surface area (Å²) in [5.41, 5.74) is 0. The van der Waals surface area contributed by atoms with Crippen LogP contribution in [0.4, 0.5) is 0 Å². The normalized spacial score (nSPS) is 27.0. The van der Waals surface area contributed by atoms with Crippen LogP contribution in [0.3, 0.4) is 0 Å². The maximum atomic E-state index is 8.81. The Kier molecular flexibility index (Phi) is 2.83. The predicted molar refractivity (Wildman–Crippen MR) is 45.3 cm³/mol. The van der Waals surface area contributed by atoms with Gasteiger partial charge < -0.3 is 24.1 Å². The van der Waals surface area contributed by atoms with E-state index in [0.717, 1.165) is 0 Å². The van der Waals surface area contributed by atoms with Gasteiger partial charge in [0, 0.05) is 0 Å². The first-order chi connectivity index (χ1) is 6.83. The summed E-state index contributed by atoms with van der Waals surface area (Å²) in [6.07, 6.45) is -0.852. The molecule has 5 heteroatoms. The SMILES string of the molecule is OCc1ccc(C2OCC(CO)O2)o1. The fraction of sp³-hybridized carbons (Fsp3) is 0.556. The summed E-state index contributed by atoms with van der Waals surface area (Å²) in [7, 11) is 0. The number of ether oxygens (including phenoxy) is 2. The maximum absolute atomic E-state index is 8.81. The molecule has 0 saturated carbocycles. The highest BCUT2D eigenvalue weighted by atomic mass is 16.7. The third kappa shape index (κ3) is 1.80. The molecule has 14 heavy (non-hydrogen) atoms. The van der Waals surface area contributed by atoms with Crippen LogP contribution in [0, 0.1) is 0 Å². The van der Waals surface area contributed by atoms with Crippen LogP contribution in [0.5, 0.6) is 0 Å². The topological polar surface area (TPSA) is 72.1 Å². The van der Waals surface area contributed by atoms with Gasteiger partial charge in [-0.2, -0.15) is 0 Å². The molecular weight excluding hydrogens is 188 g/mol. The molecule has 0 aliphatic carbocycles. The quantitative estimate of drug-likeness (QED) is 0.728. The van der Waals surface area contributed by atoms with Gasteiger partial charge in [-0.3, -0.25) is 0 Å². The summed E-state index contributed by atoms with van der Waals surface area (Å²) in [6.45, 7) is 0.149. The summed E-state index contributed by atoms with van der Waals surface area (Å²) in [5, 5.41) is 17.6. The second kappa shape index (κ2) is 4.10. The maximum Gasteiger partial charge on any atom is 0.217 e. The highest BCUT2D eigenvalue weighted by molar-refractivity contribution is 5.08. The molecule has 2 heterocycles. The third-order valence-corrected chi connectivity index (χ3v) is 2.02. The Morgan fingerprint density at radius 1 is 1.36 bits per heavy atom. The molecule has 5 nitrogen and oxygen atoms in total. The van der Waals surface area contributed by atoms with Crippen molar-refractivity contribution in [3.05, 3.63) is 23.7 Å². The molecule has 78 valence electrons. The van der Waals surface area contributed by atoms with Crippen molar-refractivity contribution < 1.29 is 24.1 Å². The van der Waals surface area contributed by atoms with Gasteiger partial charge in [0.1, 0.15) is 18.5 Å². The number of rotatable bonds is 3. The van der Waals surface area contributed by atoms with Gasteiger partial charge in [-0.1, -0.05) is 0 Å². The minimum absolute atomic E-state index is 0.0654. The monoisotopic (exact) mass is 200 g/mol. The Morgan fingerprint density at radius 2 is 2.21 bits per heavy atom. The molecule has 1 aromatic heterocycles. The average molecular weight is 200 g/mol. The second-order valence-corrected chi connectivity index (χ2v) is 3.07. The molecule has 0 aromatic carbocycles. The molecule has 2 N–H and O–H groups in total. The van der Waals surface area contributed by atoms with Crippen LogP contribution in [-0.2, 0) is 16.1 Å². The van der Waals surface area contributed by atoms with E-state index in [9.17, 15) is 0 Å². The largest absolute Gasteiger partial charge is 0.458 e. The van der Waals surface area contributed by atoms with Crippen molar-refractivity contribution >= 4 is 0 Å². The first kappa shape index (κ1) is 9.67. The van der Waals surface area contributed by atoms with Crippen LogP contribution in [0.1, 0.15) is 17.8 Å². The van der Waals surface area contributed by atoms with Gasteiger partial charge in [0.05, 0.1) is 13.2 Å². The summed E-state index contributed by atoms with van der Waals surface area (Å²) < 4.78 is 15.8. The third-order valence-electron chi connectivity index (χ3n) is 2.02. The Balaban J connectivity index is 2.02. The minimum Gasteiger partial charge on any atom is -0.458 e. The zero-order valence-corrected chi connectivity index (χ0v) is 7.55. The van der Waals surface area contributed by atoms with Gasteiger partial charge in [0.2, 0.25) is 6.29 Å². The van der Waals surface area contributed by atoms with E-state index in [1.165, 1.54) is 0 Å². The van der Waals surface area contributed by atoms with E-state index < -0.39 is 6.29 Å². The van der Waals surface area contributed by atoms with Crippen LogP contribution in [0.2, 0.25) is 0 Å². The molecule has 1 aliphatic rings. The molecule has 2 unspecified atom stereocenters. The van der Waals surface area contributed by atoms with Gasteiger partial charge in [-0.25, -0.2) is 0 Å². The zero-order valence-electron chi connectivity index (χ0n) is 7.55. The van der Waals surface area contributed by atoms with Crippen LogP contribution in [0.15, 0.2) is 16.5 Å². The van der Waals surface area contributed by atoms with E-state index in [1.54, 1.807) is 12.1 Å². The summed E-state index contributed by atoms with van der Waals surface area (Å²) in [6, 6.07) is 3.35. The number of aliphatic hydroxyl groups is 2. The van der Waals surface area contributed by atoms with Crippen LogP contribution in [0.25, 0.3) is 0 Å². The van der Waals surface area contributed by atoms with Crippen molar-refractivity contribution in [2.45, 2.75) is 19.0 Å². The summed E-state index contributed by atoms with van der Waals surface area (Å²) in [5.74, 6) is 0.990. The molecule has 1 saturated heterocycles. The van der Waals surface area contributed by atoms with E-state index in [1.807, 2.05) is 0 Å². The molecule has 0 radical (unpaired) electrons. The highest BCUT2D eigenvalue weighted by Crippen LogP contribution is 2.27. The van der Waals surface area contributed by atoms with Crippen LogP contribution >= 0.6 is 0 Å². The Bertz CT molecular complexity index is 295. The van der Waals surface area contributed by atoms with E-state index in [2.05, 4.69) is 0 Å². The number of hydrogen-bond donors (Lipinski definition) is 2. The number of aliphatic hydroxyl groups excluding tert-OH is 2. The average Bonchev–Trinajstić information content (AvgIpc) is 2.86. The van der Waals surface area contributed by atoms with Crippen LogP contribution in [-0.4, -0.2) is 29.5 Å². The van der Waals surface area contributed by atoms with E-state index in [4.69, 9.17) is 24.1 Å². The number of hydrogen-bond acceptors (Lipinski definition) is 5. The van der Waals surface area contributed by atoms with Gasteiger partial charge in [-0.15, -0.1) is 0 Å². The molecule has 0 amide bonds. The predicted octanol–water partition coefficient (Wildman–Crippen LogP) is 0.178. The Morgan fingerprint density at radius 3 is 2.79 bits per heavy atom. The Labute approximate surface area is 80.9 Å². The smallest absolute Gasteiger partial charge is 0.217 e. The molecule has 0 bridgehead atoms. The zero-order chi connectivity index (χ0) is 9.97. The molecule has 1 aromatic rings. The van der Waals surface area contributed by atoms with E-state index in [0.29, 0.717) is 18.1 Å². The second-order valence-electron chi connectivity index (χ2n) is 3.07. The fourth-order valence-electron chi connectivity index (χ4n) is 1.30. The van der Waals surface area contributed by atoms with Crippen molar-refractivity contribution in [2.75, 3.05) is 13.2 Å². The lowest BCUT2D eigenvalue weighted by molar-refractivity contribution is -0.0811. The molecule has 1 fully saturated rings. The molecule has 2 rings (SSSR count). The van der Waals surface area contributed by atoms with Gasteiger partial charge in [0.15, 0.2) is 5.76 Å². The summed E-state index contributed by atoms with van der Waals surface area (Å²) >= 11 is 0. The van der Waals surface area contributed by atoms with Crippen molar-refractivity contribution in [3.63, 3.8) is 0 Å².